The van der Waals surface area contributed by atoms with E-state index in [-0.39, 0.29) is 21.5 Å². The lowest BCUT2D eigenvalue weighted by Gasteiger charge is -2.22. The van der Waals surface area contributed by atoms with Gasteiger partial charge in [0.05, 0.1) is 23.7 Å². The SMILES string of the molecule is C=C1C2=C(CCCC2)C(=O)N1c1cc(C(=S)C(C)C(=O)OC)c(Cl)cc1F. The van der Waals surface area contributed by atoms with E-state index in [1.807, 2.05) is 0 Å². The Kier molecular flexibility index (Phi) is 5.49. The molecule has 1 atom stereocenters. The van der Waals surface area contributed by atoms with E-state index in [1.165, 1.54) is 18.1 Å². The van der Waals surface area contributed by atoms with E-state index < -0.39 is 17.7 Å². The number of rotatable bonds is 4. The molecule has 1 unspecified atom stereocenters. The largest absolute Gasteiger partial charge is 0.469 e. The van der Waals surface area contributed by atoms with Crippen molar-refractivity contribution >= 4 is 46.2 Å². The van der Waals surface area contributed by atoms with Gasteiger partial charge in [0.2, 0.25) is 0 Å². The highest BCUT2D eigenvalue weighted by Gasteiger charge is 2.37. The van der Waals surface area contributed by atoms with Crippen molar-refractivity contribution in [1.29, 1.82) is 0 Å². The number of anilines is 1. The predicted molar refractivity (Wildman–Crippen MR) is 106 cm³/mol. The molecule has 1 aliphatic carbocycles. The number of hydrogen-bond acceptors (Lipinski definition) is 4. The molecule has 4 nitrogen and oxygen atoms in total. The Hall–Kier alpha value is -2.05. The molecule has 27 heavy (non-hydrogen) atoms. The molecule has 7 heteroatoms. The van der Waals surface area contributed by atoms with Crippen LogP contribution in [-0.4, -0.2) is 23.9 Å². The molecule has 1 amide bonds. The molecule has 1 aromatic carbocycles. The third-order valence-electron chi connectivity index (χ3n) is 5.04. The molecule has 0 fully saturated rings. The second-order valence-electron chi connectivity index (χ2n) is 6.64. The Morgan fingerprint density at radius 3 is 2.56 bits per heavy atom. The van der Waals surface area contributed by atoms with Crippen LogP contribution in [0.25, 0.3) is 0 Å². The minimum atomic E-state index is -0.732. The molecule has 0 bridgehead atoms. The predicted octanol–water partition coefficient (Wildman–Crippen LogP) is 4.74. The fourth-order valence-electron chi connectivity index (χ4n) is 3.52. The molecule has 1 aliphatic heterocycles. The maximum absolute atomic E-state index is 14.7. The number of halogens is 2. The van der Waals surface area contributed by atoms with Gasteiger partial charge in [-0.25, -0.2) is 4.39 Å². The minimum absolute atomic E-state index is 0.0400. The van der Waals surface area contributed by atoms with Crippen LogP contribution in [0.1, 0.15) is 38.2 Å². The van der Waals surface area contributed by atoms with Crippen LogP contribution in [0.3, 0.4) is 0 Å². The first-order valence-corrected chi connectivity index (χ1v) is 9.43. The van der Waals surface area contributed by atoms with Crippen LogP contribution in [-0.2, 0) is 14.3 Å². The van der Waals surface area contributed by atoms with Crippen LogP contribution in [0.4, 0.5) is 10.1 Å². The smallest absolute Gasteiger partial charge is 0.313 e. The summed E-state index contributed by atoms with van der Waals surface area (Å²) < 4.78 is 19.4. The third-order valence-corrected chi connectivity index (χ3v) is 5.92. The van der Waals surface area contributed by atoms with Crippen molar-refractivity contribution in [1.82, 2.24) is 0 Å². The molecule has 0 saturated heterocycles. The Balaban J connectivity index is 2.03. The Morgan fingerprint density at radius 1 is 1.33 bits per heavy atom. The van der Waals surface area contributed by atoms with Gasteiger partial charge in [0, 0.05) is 21.7 Å². The summed E-state index contributed by atoms with van der Waals surface area (Å²) in [5, 5.41) is 0.0759. The second-order valence-corrected chi connectivity index (χ2v) is 7.49. The van der Waals surface area contributed by atoms with E-state index in [4.69, 9.17) is 28.6 Å². The van der Waals surface area contributed by atoms with Gasteiger partial charge >= 0.3 is 5.97 Å². The summed E-state index contributed by atoms with van der Waals surface area (Å²) in [5.74, 6) is -2.15. The van der Waals surface area contributed by atoms with Gasteiger partial charge in [0.25, 0.3) is 5.91 Å². The van der Waals surface area contributed by atoms with Crippen molar-refractivity contribution in [2.24, 2.45) is 5.92 Å². The first-order valence-electron chi connectivity index (χ1n) is 8.64. The first kappa shape index (κ1) is 19.7. The maximum atomic E-state index is 14.7. The summed E-state index contributed by atoms with van der Waals surface area (Å²) in [7, 11) is 1.27. The number of hydrogen-bond donors (Lipinski definition) is 0. The molecule has 3 rings (SSSR count). The van der Waals surface area contributed by atoms with E-state index in [0.717, 1.165) is 30.9 Å². The van der Waals surface area contributed by atoms with Gasteiger partial charge in [0.1, 0.15) is 5.82 Å². The number of thiocarbonyl (C=S) groups is 1. The standard InChI is InChI=1S/C20H19ClFNO3S/c1-10(20(25)26-3)18(27)14-8-17(16(22)9-15(14)21)23-11(2)12-6-4-5-7-13(12)19(23)24/h8-10H,2,4-7H2,1,3H3. The number of carbonyl (C=O) groups is 2. The number of amides is 1. The lowest BCUT2D eigenvalue weighted by Crippen LogP contribution is -2.27. The van der Waals surface area contributed by atoms with Crippen molar-refractivity contribution < 1.29 is 18.7 Å². The number of ether oxygens (including phenoxy) is 1. The molecule has 0 spiro atoms. The van der Waals surface area contributed by atoms with Gasteiger partial charge in [-0.2, -0.15) is 0 Å². The molecule has 0 aromatic heterocycles. The fourth-order valence-corrected chi connectivity index (χ4v) is 4.10. The zero-order chi connectivity index (χ0) is 19.9. The quantitative estimate of drug-likeness (QED) is 0.411. The lowest BCUT2D eigenvalue weighted by molar-refractivity contribution is -0.142. The van der Waals surface area contributed by atoms with Gasteiger partial charge in [-0.15, -0.1) is 0 Å². The van der Waals surface area contributed by atoms with Crippen LogP contribution in [0.5, 0.6) is 0 Å². The number of nitrogens with zero attached hydrogens (tertiary/aromatic N) is 1. The van der Waals surface area contributed by atoms with Crippen LogP contribution in [0.2, 0.25) is 5.02 Å². The van der Waals surface area contributed by atoms with Crippen molar-refractivity contribution in [3.63, 3.8) is 0 Å². The average Bonchev–Trinajstić information content (AvgIpc) is 2.91. The Morgan fingerprint density at radius 2 is 1.96 bits per heavy atom. The zero-order valence-corrected chi connectivity index (χ0v) is 16.7. The Labute approximate surface area is 167 Å². The molecular formula is C20H19ClFNO3S. The van der Waals surface area contributed by atoms with E-state index >= 15 is 0 Å². The van der Waals surface area contributed by atoms with Crippen molar-refractivity contribution in [2.75, 3.05) is 12.0 Å². The van der Waals surface area contributed by atoms with Gasteiger partial charge in [-0.3, -0.25) is 14.5 Å². The number of benzene rings is 1. The molecule has 1 heterocycles. The van der Waals surface area contributed by atoms with E-state index in [1.54, 1.807) is 6.92 Å². The van der Waals surface area contributed by atoms with Crippen LogP contribution in [0, 0.1) is 11.7 Å². The average molecular weight is 408 g/mol. The first-order chi connectivity index (χ1) is 12.8. The molecule has 142 valence electrons. The summed E-state index contributed by atoms with van der Waals surface area (Å²) in [6.45, 7) is 5.59. The molecular weight excluding hydrogens is 389 g/mol. The normalized spacial score (nSPS) is 17.9. The summed E-state index contributed by atoms with van der Waals surface area (Å²) in [6.07, 6.45) is 3.34. The van der Waals surface area contributed by atoms with Crippen LogP contribution in [0.15, 0.2) is 35.6 Å². The van der Waals surface area contributed by atoms with Gasteiger partial charge < -0.3 is 4.74 Å². The van der Waals surface area contributed by atoms with Gasteiger partial charge in [-0.05, 0) is 50.3 Å². The fraction of sp³-hybridized carbons (Fsp3) is 0.350. The van der Waals surface area contributed by atoms with E-state index in [0.29, 0.717) is 23.3 Å². The van der Waals surface area contributed by atoms with Crippen LogP contribution >= 0.6 is 23.8 Å². The summed E-state index contributed by atoms with van der Waals surface area (Å²) in [5.41, 5.74) is 2.46. The second kappa shape index (κ2) is 7.52. The van der Waals surface area contributed by atoms with Crippen molar-refractivity contribution in [3.8, 4) is 0 Å². The molecule has 1 aromatic rings. The van der Waals surface area contributed by atoms with Gasteiger partial charge in [-0.1, -0.05) is 30.4 Å². The van der Waals surface area contributed by atoms with Gasteiger partial charge in [0.15, 0.2) is 0 Å². The van der Waals surface area contributed by atoms with E-state index in [2.05, 4.69) is 6.58 Å². The number of allylic oxidation sites excluding steroid dienone is 1. The summed E-state index contributed by atoms with van der Waals surface area (Å²) in [4.78, 5) is 26.2. The third kappa shape index (κ3) is 3.32. The van der Waals surface area contributed by atoms with E-state index in [9.17, 15) is 14.0 Å². The monoisotopic (exact) mass is 407 g/mol. The topological polar surface area (TPSA) is 46.6 Å². The van der Waals surface area contributed by atoms with Crippen molar-refractivity contribution in [2.45, 2.75) is 32.6 Å². The minimum Gasteiger partial charge on any atom is -0.469 e. The lowest BCUT2D eigenvalue weighted by atomic mass is 9.93. The number of esters is 1. The molecule has 0 saturated carbocycles. The number of carbonyl (C=O) groups excluding carboxylic acids is 2. The van der Waals surface area contributed by atoms with Crippen LogP contribution < -0.4 is 4.90 Å². The molecule has 0 N–H and O–H groups in total. The molecule has 2 aliphatic rings. The highest BCUT2D eigenvalue weighted by molar-refractivity contribution is 7.81. The van der Waals surface area contributed by atoms with Crippen molar-refractivity contribution in [3.05, 3.63) is 52.0 Å². The highest BCUT2D eigenvalue weighted by Crippen LogP contribution is 2.42. The highest BCUT2D eigenvalue weighted by atomic mass is 35.5. The summed E-state index contributed by atoms with van der Waals surface area (Å²) in [6, 6.07) is 2.53. The zero-order valence-electron chi connectivity index (χ0n) is 15.1. The summed E-state index contributed by atoms with van der Waals surface area (Å²) >= 11 is 11.5. The molecule has 0 radical (unpaired) electrons. The number of methoxy groups -OCH3 is 1. The Bertz CT molecular complexity index is 881. The maximum Gasteiger partial charge on any atom is 0.313 e.